The Labute approximate surface area is 207 Å². The lowest BCUT2D eigenvalue weighted by Gasteiger charge is -2.40. The molecule has 0 bridgehead atoms. The van der Waals surface area contributed by atoms with Gasteiger partial charge in [0.1, 0.15) is 11.6 Å². The van der Waals surface area contributed by atoms with E-state index in [0.29, 0.717) is 38.2 Å². The van der Waals surface area contributed by atoms with Crippen LogP contribution in [-0.2, 0) is 26.3 Å². The molecule has 2 aromatic rings. The summed E-state index contributed by atoms with van der Waals surface area (Å²) in [7, 11) is 0. The Kier molecular flexibility index (Phi) is 6.70. The van der Waals surface area contributed by atoms with Crippen LogP contribution in [0.15, 0.2) is 42.6 Å². The zero-order chi connectivity index (χ0) is 25.3. The largest absolute Gasteiger partial charge is 0.376 e. The second-order valence-electron chi connectivity index (χ2n) is 9.57. The predicted molar refractivity (Wildman–Crippen MR) is 124 cm³/mol. The maximum atomic E-state index is 14.0. The van der Waals surface area contributed by atoms with Crippen LogP contribution in [0.25, 0.3) is 0 Å². The summed E-state index contributed by atoms with van der Waals surface area (Å²) >= 11 is 0. The van der Waals surface area contributed by atoms with Gasteiger partial charge in [0.2, 0.25) is 5.91 Å². The summed E-state index contributed by atoms with van der Waals surface area (Å²) in [6.07, 6.45) is 3.73. The van der Waals surface area contributed by atoms with Crippen molar-refractivity contribution in [3.8, 4) is 0 Å². The monoisotopic (exact) mass is 498 g/mol. The molecule has 4 heterocycles. The molecule has 1 aromatic carbocycles. The van der Waals surface area contributed by atoms with Crippen molar-refractivity contribution in [2.45, 2.75) is 43.7 Å². The first-order chi connectivity index (χ1) is 17.4. The van der Waals surface area contributed by atoms with Crippen LogP contribution in [0.3, 0.4) is 0 Å². The zero-order valence-corrected chi connectivity index (χ0v) is 19.8. The molecule has 3 aliphatic heterocycles. The number of nitrogens with one attached hydrogen (secondary N) is 1. The molecule has 2 atom stereocenters. The van der Waals surface area contributed by atoms with Crippen molar-refractivity contribution in [3.63, 3.8) is 0 Å². The predicted octanol–water partition coefficient (Wildman–Crippen LogP) is 2.77. The Bertz CT molecular complexity index is 1150. The van der Waals surface area contributed by atoms with Crippen LogP contribution in [0.1, 0.15) is 36.9 Å². The van der Waals surface area contributed by atoms with E-state index in [2.05, 4.69) is 10.3 Å². The number of benzene rings is 1. The average Bonchev–Trinajstić information content (AvgIpc) is 3.49. The van der Waals surface area contributed by atoms with Crippen molar-refractivity contribution in [2.75, 3.05) is 26.2 Å². The van der Waals surface area contributed by atoms with Gasteiger partial charge in [0, 0.05) is 37.4 Å². The third-order valence-electron chi connectivity index (χ3n) is 7.42. The molecule has 3 aliphatic rings. The van der Waals surface area contributed by atoms with Crippen molar-refractivity contribution in [3.05, 3.63) is 65.5 Å². The van der Waals surface area contributed by atoms with E-state index in [-0.39, 0.29) is 42.4 Å². The smallest absolute Gasteiger partial charge is 0.325 e. The summed E-state index contributed by atoms with van der Waals surface area (Å²) in [5.41, 5.74) is -0.860. The van der Waals surface area contributed by atoms with Gasteiger partial charge in [0.05, 0.1) is 24.8 Å². The average molecular weight is 499 g/mol. The van der Waals surface area contributed by atoms with Crippen LogP contribution in [0.4, 0.5) is 13.6 Å². The molecule has 10 heteroatoms. The molecule has 0 saturated carbocycles. The fraction of sp³-hybridized carbons (Fsp3) is 0.462. The van der Waals surface area contributed by atoms with Crippen molar-refractivity contribution in [1.82, 2.24) is 20.1 Å². The number of hydrogen-bond acceptors (Lipinski definition) is 5. The summed E-state index contributed by atoms with van der Waals surface area (Å²) in [5, 5.41) is 2.95. The van der Waals surface area contributed by atoms with Gasteiger partial charge < -0.3 is 15.0 Å². The highest BCUT2D eigenvalue weighted by molar-refractivity contribution is 6.07. The first kappa shape index (κ1) is 24.3. The molecule has 5 rings (SSSR count). The second kappa shape index (κ2) is 9.93. The number of urea groups is 1. The number of nitrogens with zero attached hydrogens (tertiary/aromatic N) is 3. The van der Waals surface area contributed by atoms with Crippen molar-refractivity contribution < 1.29 is 27.9 Å². The van der Waals surface area contributed by atoms with Crippen LogP contribution in [0.2, 0.25) is 0 Å². The molecule has 1 N–H and O–H groups in total. The first-order valence-corrected chi connectivity index (χ1v) is 12.3. The normalized spacial score (nSPS) is 24.9. The van der Waals surface area contributed by atoms with Gasteiger partial charge >= 0.3 is 6.03 Å². The van der Waals surface area contributed by atoms with E-state index in [9.17, 15) is 23.2 Å². The van der Waals surface area contributed by atoms with Gasteiger partial charge in [-0.05, 0) is 56.0 Å². The Hall–Kier alpha value is -3.40. The first-order valence-electron chi connectivity index (χ1n) is 12.3. The van der Waals surface area contributed by atoms with Crippen molar-refractivity contribution >= 4 is 17.8 Å². The lowest BCUT2D eigenvalue weighted by molar-refractivity contribution is -0.137. The Balaban J connectivity index is 1.33. The molecular formula is C26H28F2N4O4. The number of ether oxygens (including phenoxy) is 1. The summed E-state index contributed by atoms with van der Waals surface area (Å²) in [5.74, 6) is -2.19. The number of carbonyl (C=O) groups excluding carboxylic acids is 3. The van der Waals surface area contributed by atoms with Gasteiger partial charge in [-0.15, -0.1) is 0 Å². The molecular weight excluding hydrogens is 470 g/mol. The number of rotatable bonds is 6. The minimum atomic E-state index is -1.33. The van der Waals surface area contributed by atoms with Crippen LogP contribution in [0.5, 0.6) is 0 Å². The molecule has 4 amide bonds. The summed E-state index contributed by atoms with van der Waals surface area (Å²) in [4.78, 5) is 47.0. The van der Waals surface area contributed by atoms with Gasteiger partial charge in [-0.1, -0.05) is 6.07 Å². The number of hydrogen-bond donors (Lipinski definition) is 1. The number of aromatic nitrogens is 1. The molecule has 0 unspecified atom stereocenters. The molecule has 3 saturated heterocycles. The van der Waals surface area contributed by atoms with E-state index >= 15 is 0 Å². The second-order valence-corrected chi connectivity index (χ2v) is 9.57. The van der Waals surface area contributed by atoms with Crippen molar-refractivity contribution in [2.24, 2.45) is 5.92 Å². The van der Waals surface area contributed by atoms with E-state index in [4.69, 9.17) is 4.74 Å². The van der Waals surface area contributed by atoms with E-state index in [1.807, 2.05) is 0 Å². The number of amides is 4. The molecule has 3 fully saturated rings. The van der Waals surface area contributed by atoms with Gasteiger partial charge in [-0.25, -0.2) is 13.6 Å². The van der Waals surface area contributed by atoms with Gasteiger partial charge in [0.25, 0.3) is 5.91 Å². The number of imide groups is 1. The molecule has 0 aliphatic carbocycles. The number of carbonyl (C=O) groups is 3. The van der Waals surface area contributed by atoms with Crippen molar-refractivity contribution in [1.29, 1.82) is 0 Å². The highest BCUT2D eigenvalue weighted by Gasteiger charge is 2.58. The SMILES string of the molecule is O=C(Cc1cc(F)ccc1F)N1CCC([C@@]2(c3ccccn3)NC(=O)N(C[C@@H]3CCCO3)C2=O)CC1. The van der Waals surface area contributed by atoms with Crippen LogP contribution < -0.4 is 5.32 Å². The quantitative estimate of drug-likeness (QED) is 0.619. The standard InChI is InChI=1S/C26H28F2N4O4/c27-19-6-7-21(28)17(14-19)15-23(33)31-11-8-18(9-12-31)26(22-5-1-2-10-29-22)24(34)32(25(35)30-26)16-20-4-3-13-36-20/h1-2,5-7,10,14,18,20H,3-4,8-9,11-13,15-16H2,(H,30,35)/t20-,26-/m0/s1. The van der Waals surface area contributed by atoms with E-state index in [0.717, 1.165) is 31.0 Å². The van der Waals surface area contributed by atoms with Gasteiger partial charge in [-0.2, -0.15) is 0 Å². The Morgan fingerprint density at radius 1 is 1.14 bits per heavy atom. The molecule has 1 aromatic heterocycles. The minimum Gasteiger partial charge on any atom is -0.376 e. The number of likely N-dealkylation sites (tertiary alicyclic amines) is 1. The molecule has 8 nitrogen and oxygen atoms in total. The molecule has 0 spiro atoms. The molecule has 190 valence electrons. The van der Waals surface area contributed by atoms with E-state index in [1.165, 1.54) is 4.90 Å². The third-order valence-corrected chi connectivity index (χ3v) is 7.42. The molecule has 36 heavy (non-hydrogen) atoms. The van der Waals surface area contributed by atoms with Crippen LogP contribution in [0, 0.1) is 17.6 Å². The Morgan fingerprint density at radius 2 is 1.94 bits per heavy atom. The maximum Gasteiger partial charge on any atom is 0.325 e. The molecule has 0 radical (unpaired) electrons. The van der Waals surface area contributed by atoms with Crippen LogP contribution >= 0.6 is 0 Å². The highest BCUT2D eigenvalue weighted by atomic mass is 19.1. The van der Waals surface area contributed by atoms with Gasteiger partial charge in [0.15, 0.2) is 5.54 Å². The minimum absolute atomic E-state index is 0.00934. The zero-order valence-electron chi connectivity index (χ0n) is 19.8. The highest BCUT2D eigenvalue weighted by Crippen LogP contribution is 2.41. The summed E-state index contributed by atoms with van der Waals surface area (Å²) in [6, 6.07) is 7.84. The fourth-order valence-corrected chi connectivity index (χ4v) is 5.52. The lowest BCUT2D eigenvalue weighted by atomic mass is 9.75. The Morgan fingerprint density at radius 3 is 2.64 bits per heavy atom. The van der Waals surface area contributed by atoms with Gasteiger partial charge in [-0.3, -0.25) is 19.5 Å². The third kappa shape index (κ3) is 4.45. The topological polar surface area (TPSA) is 91.8 Å². The number of pyridine rings is 1. The number of halogens is 2. The van der Waals surface area contributed by atoms with E-state index < -0.39 is 23.2 Å². The summed E-state index contributed by atoms with van der Waals surface area (Å²) < 4.78 is 33.2. The number of piperidine rings is 1. The van der Waals surface area contributed by atoms with Crippen LogP contribution in [-0.4, -0.2) is 65.0 Å². The fourth-order valence-electron chi connectivity index (χ4n) is 5.52. The maximum absolute atomic E-state index is 14.0. The summed E-state index contributed by atoms with van der Waals surface area (Å²) in [6.45, 7) is 1.45. The van der Waals surface area contributed by atoms with E-state index in [1.54, 1.807) is 29.3 Å². The lowest BCUT2D eigenvalue weighted by Crippen LogP contribution is -2.55.